The van der Waals surface area contributed by atoms with Gasteiger partial charge in [0.25, 0.3) is 0 Å². The summed E-state index contributed by atoms with van der Waals surface area (Å²) in [5.74, 6) is 0.110. The molecule has 19 heteroatoms. The maximum Gasteiger partial charge on any atom is 0.472 e. The van der Waals surface area contributed by atoms with Crippen LogP contribution in [0.4, 0.5) is 0 Å². The molecule has 0 aliphatic rings. The summed E-state index contributed by atoms with van der Waals surface area (Å²) in [5.41, 5.74) is 0. The zero-order valence-corrected chi connectivity index (χ0v) is 62.7. The third-order valence-corrected chi connectivity index (χ3v) is 19.0. The van der Waals surface area contributed by atoms with E-state index in [1.54, 1.807) is 0 Å². The van der Waals surface area contributed by atoms with Crippen LogP contribution in [0.15, 0.2) is 24.3 Å². The topological polar surface area (TPSA) is 237 Å². The van der Waals surface area contributed by atoms with Crippen molar-refractivity contribution in [3.05, 3.63) is 24.3 Å². The average molecular weight is 1380 g/mol. The Kier molecular flexibility index (Phi) is 63.5. The first kappa shape index (κ1) is 91.5. The summed E-state index contributed by atoms with van der Waals surface area (Å²) in [6.07, 6.45) is 53.6. The lowest BCUT2D eigenvalue weighted by molar-refractivity contribution is -0.161. The molecule has 0 aromatic carbocycles. The second-order valence-corrected chi connectivity index (χ2v) is 30.5. The summed E-state index contributed by atoms with van der Waals surface area (Å²) in [6, 6.07) is 0. The first-order valence-electron chi connectivity index (χ1n) is 38.2. The summed E-state index contributed by atoms with van der Waals surface area (Å²) in [7, 11) is -9.92. The van der Waals surface area contributed by atoms with E-state index in [-0.39, 0.29) is 25.7 Å². The monoisotopic (exact) mass is 1380 g/mol. The molecule has 554 valence electrons. The summed E-state index contributed by atoms with van der Waals surface area (Å²) < 4.78 is 68.4. The van der Waals surface area contributed by atoms with Gasteiger partial charge >= 0.3 is 39.5 Å². The summed E-state index contributed by atoms with van der Waals surface area (Å²) in [6.45, 7) is 11.8. The van der Waals surface area contributed by atoms with Gasteiger partial charge in [0.1, 0.15) is 19.3 Å². The normalized spacial score (nSPS) is 14.6. The molecule has 0 saturated carbocycles. The highest BCUT2D eigenvalue weighted by molar-refractivity contribution is 7.47. The predicted octanol–water partition coefficient (Wildman–Crippen LogP) is 21.3. The third kappa shape index (κ3) is 66.8. The summed E-state index contributed by atoms with van der Waals surface area (Å²) >= 11 is 0. The van der Waals surface area contributed by atoms with E-state index in [0.29, 0.717) is 31.6 Å². The fourth-order valence-electron chi connectivity index (χ4n) is 10.9. The highest BCUT2D eigenvalue weighted by Crippen LogP contribution is 2.45. The molecule has 94 heavy (non-hydrogen) atoms. The van der Waals surface area contributed by atoms with Crippen LogP contribution in [0.2, 0.25) is 0 Å². The number of hydrogen-bond acceptors (Lipinski definition) is 15. The Balaban J connectivity index is 5.26. The summed E-state index contributed by atoms with van der Waals surface area (Å²) in [5, 5.41) is 10.6. The highest BCUT2D eigenvalue weighted by Gasteiger charge is 2.30. The number of phosphoric acid groups is 2. The minimum Gasteiger partial charge on any atom is -0.462 e. The lowest BCUT2D eigenvalue weighted by atomic mass is 9.99. The van der Waals surface area contributed by atoms with Gasteiger partial charge in [0, 0.05) is 25.7 Å². The van der Waals surface area contributed by atoms with Crippen molar-refractivity contribution in [3.8, 4) is 0 Å². The van der Waals surface area contributed by atoms with Crippen molar-refractivity contribution in [2.24, 2.45) is 17.8 Å². The Morgan fingerprint density at radius 3 is 0.947 bits per heavy atom. The van der Waals surface area contributed by atoms with Crippen molar-refractivity contribution >= 4 is 39.5 Å². The molecule has 0 bridgehead atoms. The van der Waals surface area contributed by atoms with Gasteiger partial charge in [-0.2, -0.15) is 0 Å². The number of phosphoric ester groups is 2. The van der Waals surface area contributed by atoms with Crippen LogP contribution in [0.3, 0.4) is 0 Å². The van der Waals surface area contributed by atoms with Crippen molar-refractivity contribution in [1.82, 2.24) is 0 Å². The van der Waals surface area contributed by atoms with Crippen LogP contribution in [0.5, 0.6) is 0 Å². The zero-order valence-electron chi connectivity index (χ0n) is 60.9. The molecular weight excluding hydrogens is 1230 g/mol. The molecule has 0 aliphatic carbocycles. The van der Waals surface area contributed by atoms with E-state index in [0.717, 1.165) is 121 Å². The number of allylic oxidation sites excluding steroid dienone is 4. The molecule has 0 spiro atoms. The minimum atomic E-state index is -4.96. The Morgan fingerprint density at radius 1 is 0.351 bits per heavy atom. The molecular formula is C75H142O17P2. The van der Waals surface area contributed by atoms with Crippen LogP contribution in [0, 0.1) is 17.8 Å². The molecule has 17 nitrogen and oxygen atoms in total. The first-order chi connectivity index (χ1) is 45.3. The molecule has 0 rings (SSSR count). The second-order valence-electron chi connectivity index (χ2n) is 27.5. The standard InChI is InChI=1S/C75H142O17P2/c1-8-10-11-12-13-14-15-16-17-21-24-29-35-44-51-59-75(80)92-71(63-86-73(78)57-50-43-38-37-40-47-54-67(5)6)65-90-94(83,84)88-61-69(76)60-87-93(81,82)89-64-70(62-85-72(77)56-49-42-34-31-26-27-32-39-46-53-66(3)4)91-74(79)58-52-45-36-30-25-22-19-18-20-23-28-33-41-48-55-68(7)9-2/h14-17,66-71,76H,8-13,18-65H2,1-7H3,(H,81,82)(H,83,84)/b15-14-,17-16-/t68?,69-,70-,71-/m1/s1. The van der Waals surface area contributed by atoms with Crippen molar-refractivity contribution in [2.45, 2.75) is 375 Å². The predicted molar refractivity (Wildman–Crippen MR) is 381 cm³/mol. The van der Waals surface area contributed by atoms with Crippen molar-refractivity contribution in [3.63, 3.8) is 0 Å². The molecule has 0 aromatic rings. The largest absolute Gasteiger partial charge is 0.472 e. The van der Waals surface area contributed by atoms with Gasteiger partial charge in [-0.15, -0.1) is 0 Å². The number of carbonyl (C=O) groups excluding carboxylic acids is 4. The van der Waals surface area contributed by atoms with Crippen LogP contribution in [-0.2, 0) is 65.4 Å². The zero-order chi connectivity index (χ0) is 69.4. The van der Waals surface area contributed by atoms with Crippen LogP contribution in [0.25, 0.3) is 0 Å². The minimum absolute atomic E-state index is 0.0836. The Morgan fingerprint density at radius 2 is 0.628 bits per heavy atom. The molecule has 0 aromatic heterocycles. The van der Waals surface area contributed by atoms with Crippen molar-refractivity contribution in [1.29, 1.82) is 0 Å². The van der Waals surface area contributed by atoms with Gasteiger partial charge in [-0.25, -0.2) is 9.13 Å². The first-order valence-corrected chi connectivity index (χ1v) is 41.2. The molecule has 3 unspecified atom stereocenters. The third-order valence-electron chi connectivity index (χ3n) is 17.1. The number of unbranched alkanes of at least 4 members (excludes halogenated alkanes) is 35. The molecule has 0 fully saturated rings. The van der Waals surface area contributed by atoms with E-state index >= 15 is 0 Å². The van der Waals surface area contributed by atoms with Crippen molar-refractivity contribution < 1.29 is 80.2 Å². The molecule has 0 heterocycles. The number of rotatable bonds is 71. The average Bonchev–Trinajstić information content (AvgIpc) is 1.30. The number of aliphatic hydroxyl groups excluding tert-OH is 1. The molecule has 6 atom stereocenters. The number of aliphatic hydroxyl groups is 1. The van der Waals surface area contributed by atoms with Crippen LogP contribution in [0.1, 0.15) is 357 Å². The van der Waals surface area contributed by atoms with Gasteiger partial charge in [-0.3, -0.25) is 37.3 Å². The fraction of sp³-hybridized carbons (Fsp3) is 0.893. The quantitative estimate of drug-likeness (QED) is 0.0169. The molecule has 0 radical (unpaired) electrons. The molecule has 0 aliphatic heterocycles. The molecule has 0 saturated heterocycles. The number of ether oxygens (including phenoxy) is 4. The Bertz CT molecular complexity index is 1930. The van der Waals surface area contributed by atoms with Crippen molar-refractivity contribution in [2.75, 3.05) is 39.6 Å². The van der Waals surface area contributed by atoms with Gasteiger partial charge in [0.05, 0.1) is 26.4 Å². The van der Waals surface area contributed by atoms with E-state index in [1.807, 2.05) is 0 Å². The maximum absolute atomic E-state index is 13.1. The van der Waals surface area contributed by atoms with Gasteiger partial charge in [-0.05, 0) is 69.1 Å². The number of hydrogen-bond donors (Lipinski definition) is 3. The Hall–Kier alpha value is -2.46. The SMILES string of the molecule is CCCCCC/C=C\C=C/CCCCCCCC(=O)O[C@H](COC(=O)CCCCCCCCC(C)C)COP(=O)(O)OC[C@H](O)COP(=O)(O)OC[C@@H](COC(=O)CCCCCCCCCCCC(C)C)OC(=O)CCCCCCCCCCCCCCCCC(C)CC. The van der Waals surface area contributed by atoms with Gasteiger partial charge in [-0.1, -0.05) is 304 Å². The number of esters is 4. The van der Waals surface area contributed by atoms with E-state index in [9.17, 15) is 43.2 Å². The lowest BCUT2D eigenvalue weighted by Crippen LogP contribution is -2.30. The fourth-order valence-corrected chi connectivity index (χ4v) is 12.4. The van der Waals surface area contributed by atoms with E-state index in [4.69, 9.17) is 37.0 Å². The van der Waals surface area contributed by atoms with E-state index in [2.05, 4.69) is 72.8 Å². The number of carbonyl (C=O) groups is 4. The molecule has 3 N–H and O–H groups in total. The van der Waals surface area contributed by atoms with Gasteiger partial charge < -0.3 is 33.8 Å². The molecule has 0 amide bonds. The second kappa shape index (κ2) is 65.2. The maximum atomic E-state index is 13.1. The van der Waals surface area contributed by atoms with Crippen LogP contribution < -0.4 is 0 Å². The summed E-state index contributed by atoms with van der Waals surface area (Å²) in [4.78, 5) is 72.7. The smallest absolute Gasteiger partial charge is 0.462 e. The van der Waals surface area contributed by atoms with Gasteiger partial charge in [0.2, 0.25) is 0 Å². The highest BCUT2D eigenvalue weighted by atomic mass is 31.2. The van der Waals surface area contributed by atoms with E-state index < -0.39 is 97.5 Å². The van der Waals surface area contributed by atoms with E-state index in [1.165, 1.54) is 148 Å². The Labute approximate surface area is 573 Å². The van der Waals surface area contributed by atoms with Crippen LogP contribution >= 0.6 is 15.6 Å². The van der Waals surface area contributed by atoms with Crippen LogP contribution in [-0.4, -0.2) is 96.7 Å². The van der Waals surface area contributed by atoms with Gasteiger partial charge in [0.15, 0.2) is 12.2 Å². The lowest BCUT2D eigenvalue weighted by Gasteiger charge is -2.21.